The van der Waals surface area contributed by atoms with Crippen molar-refractivity contribution in [3.63, 3.8) is 0 Å². The summed E-state index contributed by atoms with van der Waals surface area (Å²) in [7, 11) is 6.16. The van der Waals surface area contributed by atoms with Crippen molar-refractivity contribution in [2.45, 2.75) is 37.8 Å². The lowest BCUT2D eigenvalue weighted by molar-refractivity contribution is 0.0719. The van der Waals surface area contributed by atoms with Gasteiger partial charge in [-0.3, -0.25) is 9.59 Å². The Morgan fingerprint density at radius 2 is 1.73 bits per heavy atom. The van der Waals surface area contributed by atoms with Crippen molar-refractivity contribution in [1.82, 2.24) is 19.8 Å². The van der Waals surface area contributed by atoms with E-state index in [0.29, 0.717) is 17.8 Å². The number of H-pyrrole nitrogens is 1. The molecule has 1 N–H and O–H groups in total. The predicted octanol–water partition coefficient (Wildman–Crippen LogP) is 0.961. The lowest BCUT2D eigenvalue weighted by atomic mass is 10.0. The van der Waals surface area contributed by atoms with Gasteiger partial charge in [-0.05, 0) is 51.6 Å². The summed E-state index contributed by atoms with van der Waals surface area (Å²) >= 11 is 0. The van der Waals surface area contributed by atoms with E-state index in [1.807, 2.05) is 11.9 Å². The topological polar surface area (TPSA) is 69.3 Å². The number of aromatic nitrogens is 2. The van der Waals surface area contributed by atoms with Crippen LogP contribution in [0.25, 0.3) is 0 Å². The molecule has 0 spiro atoms. The first kappa shape index (κ1) is 15.2. The first-order valence-corrected chi connectivity index (χ1v) is 7.94. The van der Waals surface area contributed by atoms with Crippen LogP contribution < -0.4 is 5.56 Å². The number of fused-ring (bicyclic) bond motifs is 1. The third kappa shape index (κ3) is 2.79. The van der Waals surface area contributed by atoms with Crippen molar-refractivity contribution in [2.75, 3.05) is 21.1 Å². The smallest absolute Gasteiger partial charge is 0.273 e. The highest BCUT2D eigenvalue weighted by Crippen LogP contribution is 2.46. The van der Waals surface area contributed by atoms with Gasteiger partial charge in [0.25, 0.3) is 11.5 Å². The van der Waals surface area contributed by atoms with E-state index in [9.17, 15) is 9.59 Å². The molecule has 1 aromatic rings. The van der Waals surface area contributed by atoms with Crippen LogP contribution in [0, 0.1) is 11.8 Å². The van der Waals surface area contributed by atoms with Gasteiger partial charge >= 0.3 is 0 Å². The maximum absolute atomic E-state index is 12.5. The number of nitrogens with zero attached hydrogens (tertiary/aromatic N) is 3. The zero-order valence-electron chi connectivity index (χ0n) is 13.5. The molecule has 2 saturated carbocycles. The van der Waals surface area contributed by atoms with Crippen LogP contribution in [-0.4, -0.2) is 58.9 Å². The average molecular weight is 304 g/mol. The van der Waals surface area contributed by atoms with Gasteiger partial charge in [-0.2, -0.15) is 0 Å². The first-order chi connectivity index (χ1) is 10.5. The number of hydrogen-bond donors (Lipinski definition) is 1. The fourth-order valence-electron chi connectivity index (χ4n) is 4.10. The summed E-state index contributed by atoms with van der Waals surface area (Å²) in [5.41, 5.74) is 0.0228. The second-order valence-corrected chi connectivity index (χ2v) is 6.95. The molecular formula is C16H24N4O2. The Kier molecular flexibility index (Phi) is 4.04. The van der Waals surface area contributed by atoms with E-state index in [1.165, 1.54) is 19.0 Å². The number of amides is 1. The molecule has 2 aliphatic rings. The molecule has 120 valence electrons. The van der Waals surface area contributed by atoms with Gasteiger partial charge in [-0.15, -0.1) is 0 Å². The maximum Gasteiger partial charge on any atom is 0.273 e. The zero-order chi connectivity index (χ0) is 15.9. The number of rotatable bonds is 3. The molecule has 22 heavy (non-hydrogen) atoms. The van der Waals surface area contributed by atoms with E-state index in [4.69, 9.17) is 0 Å². The van der Waals surface area contributed by atoms with Crippen molar-refractivity contribution in [3.8, 4) is 0 Å². The molecule has 0 radical (unpaired) electrons. The Labute approximate surface area is 130 Å². The van der Waals surface area contributed by atoms with E-state index >= 15 is 0 Å². The van der Waals surface area contributed by atoms with Gasteiger partial charge in [0.05, 0.1) is 6.20 Å². The Morgan fingerprint density at radius 3 is 2.23 bits per heavy atom. The molecule has 1 amide bonds. The summed E-state index contributed by atoms with van der Waals surface area (Å²) < 4.78 is 0. The third-order valence-electron chi connectivity index (χ3n) is 5.46. The van der Waals surface area contributed by atoms with E-state index in [2.05, 4.69) is 29.0 Å². The molecule has 1 aromatic heterocycles. The molecule has 1 heterocycles. The van der Waals surface area contributed by atoms with Gasteiger partial charge in [0.1, 0.15) is 5.69 Å². The van der Waals surface area contributed by atoms with Crippen LogP contribution in [0.3, 0.4) is 0 Å². The zero-order valence-corrected chi connectivity index (χ0v) is 13.5. The molecule has 2 aliphatic carbocycles. The van der Waals surface area contributed by atoms with E-state index in [-0.39, 0.29) is 11.5 Å². The number of carbonyl (C=O) groups excluding carboxylic acids is 1. The second-order valence-electron chi connectivity index (χ2n) is 6.95. The summed E-state index contributed by atoms with van der Waals surface area (Å²) in [6, 6.07) is 0.983. The Morgan fingerprint density at radius 1 is 1.14 bits per heavy atom. The van der Waals surface area contributed by atoms with Crippen molar-refractivity contribution in [2.24, 2.45) is 11.8 Å². The lowest BCUT2D eigenvalue weighted by Gasteiger charge is -2.26. The molecule has 0 aliphatic heterocycles. The van der Waals surface area contributed by atoms with Crippen molar-refractivity contribution in [1.29, 1.82) is 0 Å². The van der Waals surface area contributed by atoms with Crippen LogP contribution in [-0.2, 0) is 0 Å². The standard InChI is InChI=1S/C16H24N4O2/c1-19(2)12-4-10-6-13(7-11(10)5-12)20(3)16(22)14-8-18-15(21)9-17-14/h8-13H,4-7H2,1-3H3,(H,18,21)/t10-,11+,12?,13?. The minimum absolute atomic E-state index is 0.106. The van der Waals surface area contributed by atoms with Crippen LogP contribution in [0.15, 0.2) is 17.2 Å². The van der Waals surface area contributed by atoms with Gasteiger partial charge in [0, 0.05) is 25.3 Å². The average Bonchev–Trinajstić information content (AvgIpc) is 3.05. The normalized spacial score (nSPS) is 30.5. The van der Waals surface area contributed by atoms with Crippen molar-refractivity contribution >= 4 is 5.91 Å². The van der Waals surface area contributed by atoms with Gasteiger partial charge in [-0.25, -0.2) is 4.98 Å². The van der Waals surface area contributed by atoms with Crippen molar-refractivity contribution < 1.29 is 4.79 Å². The van der Waals surface area contributed by atoms with Gasteiger partial charge in [-0.1, -0.05) is 0 Å². The lowest BCUT2D eigenvalue weighted by Crippen LogP contribution is -2.37. The molecule has 0 aromatic carbocycles. The molecule has 3 rings (SSSR count). The molecule has 4 atom stereocenters. The summed E-state index contributed by atoms with van der Waals surface area (Å²) in [6.07, 6.45) is 7.21. The van der Waals surface area contributed by atoms with Crippen LogP contribution in [0.2, 0.25) is 0 Å². The number of carbonyl (C=O) groups is 1. The fourth-order valence-corrected chi connectivity index (χ4v) is 4.10. The van der Waals surface area contributed by atoms with Gasteiger partial charge < -0.3 is 14.8 Å². The third-order valence-corrected chi connectivity index (χ3v) is 5.46. The number of aromatic amines is 1. The van der Waals surface area contributed by atoms with Crippen LogP contribution in [0.5, 0.6) is 0 Å². The van der Waals surface area contributed by atoms with Crippen LogP contribution >= 0.6 is 0 Å². The number of hydrogen-bond acceptors (Lipinski definition) is 4. The SMILES string of the molecule is CN(C)C1C[C@@H]2CC(N(C)C(=O)c3c[nH]c(=O)cn3)C[C@@H]2C1. The number of nitrogens with one attached hydrogen (secondary N) is 1. The van der Waals surface area contributed by atoms with Crippen LogP contribution in [0.1, 0.15) is 36.2 Å². The Balaban J connectivity index is 1.63. The molecule has 6 heteroatoms. The van der Waals surface area contributed by atoms with Crippen molar-refractivity contribution in [3.05, 3.63) is 28.4 Å². The highest BCUT2D eigenvalue weighted by molar-refractivity contribution is 5.92. The minimum Gasteiger partial charge on any atom is -0.337 e. The van der Waals surface area contributed by atoms with E-state index in [1.54, 1.807) is 0 Å². The van der Waals surface area contributed by atoms with Crippen LogP contribution in [0.4, 0.5) is 0 Å². The predicted molar refractivity (Wildman–Crippen MR) is 83.7 cm³/mol. The van der Waals surface area contributed by atoms with Gasteiger partial charge in [0.2, 0.25) is 0 Å². The quantitative estimate of drug-likeness (QED) is 0.903. The fraction of sp³-hybridized carbons (Fsp3) is 0.688. The monoisotopic (exact) mass is 304 g/mol. The summed E-state index contributed by atoms with van der Waals surface area (Å²) in [6.45, 7) is 0. The first-order valence-electron chi connectivity index (χ1n) is 7.94. The largest absolute Gasteiger partial charge is 0.337 e. The highest BCUT2D eigenvalue weighted by Gasteiger charge is 2.44. The Bertz CT molecular complexity index is 578. The van der Waals surface area contributed by atoms with E-state index in [0.717, 1.165) is 30.9 Å². The molecule has 6 nitrogen and oxygen atoms in total. The minimum atomic E-state index is -0.288. The molecule has 0 saturated heterocycles. The molecular weight excluding hydrogens is 280 g/mol. The van der Waals surface area contributed by atoms with Gasteiger partial charge in [0.15, 0.2) is 0 Å². The molecule has 2 unspecified atom stereocenters. The second kappa shape index (κ2) is 5.83. The maximum atomic E-state index is 12.5. The molecule has 0 bridgehead atoms. The summed E-state index contributed by atoms with van der Waals surface area (Å²) in [4.78, 5) is 34.1. The highest BCUT2D eigenvalue weighted by atomic mass is 16.2. The summed E-state index contributed by atoms with van der Waals surface area (Å²) in [5.74, 6) is 1.36. The molecule has 2 fully saturated rings. The summed E-state index contributed by atoms with van der Waals surface area (Å²) in [5, 5.41) is 0. The Hall–Kier alpha value is -1.69. The van der Waals surface area contributed by atoms with E-state index < -0.39 is 0 Å².